The van der Waals surface area contributed by atoms with Crippen LogP contribution in [0.3, 0.4) is 0 Å². The highest BCUT2D eigenvalue weighted by atomic mass is 35.5. The molecule has 1 aromatic heterocycles. The minimum atomic E-state index is -0.135. The van der Waals surface area contributed by atoms with Crippen LogP contribution in [0.15, 0.2) is 16.9 Å². The molecule has 0 bridgehead atoms. The summed E-state index contributed by atoms with van der Waals surface area (Å²) in [6, 6.07) is 3.24. The van der Waals surface area contributed by atoms with E-state index in [1.165, 1.54) is 9.13 Å². The van der Waals surface area contributed by atoms with E-state index < -0.39 is 0 Å². The van der Waals surface area contributed by atoms with Crippen LogP contribution in [0.2, 0.25) is 5.02 Å². The molecule has 0 aliphatic heterocycles. The number of fused-ring (bicyclic) bond motifs is 1. The van der Waals surface area contributed by atoms with Crippen molar-refractivity contribution in [2.45, 2.75) is 0 Å². The molecule has 4 nitrogen and oxygen atoms in total. The van der Waals surface area contributed by atoms with Crippen molar-refractivity contribution < 1.29 is 4.79 Å². The van der Waals surface area contributed by atoms with Gasteiger partial charge in [0.1, 0.15) is 0 Å². The molecule has 0 saturated heterocycles. The molecular weight excluding hydrogens is 216 g/mol. The highest BCUT2D eigenvalue weighted by Gasteiger charge is 2.10. The monoisotopic (exact) mass is 224 g/mol. The molecule has 78 valence electrons. The molecule has 0 amide bonds. The van der Waals surface area contributed by atoms with Crippen LogP contribution in [0.25, 0.3) is 11.0 Å². The van der Waals surface area contributed by atoms with Crippen LogP contribution < -0.4 is 5.69 Å². The van der Waals surface area contributed by atoms with Crippen molar-refractivity contribution in [3.63, 3.8) is 0 Å². The summed E-state index contributed by atoms with van der Waals surface area (Å²) in [4.78, 5) is 22.3. The van der Waals surface area contributed by atoms with Gasteiger partial charge >= 0.3 is 5.69 Å². The predicted molar refractivity (Wildman–Crippen MR) is 58.6 cm³/mol. The van der Waals surface area contributed by atoms with E-state index in [0.29, 0.717) is 22.4 Å². The van der Waals surface area contributed by atoms with E-state index in [4.69, 9.17) is 11.6 Å². The summed E-state index contributed by atoms with van der Waals surface area (Å²) in [6.45, 7) is 0. The van der Waals surface area contributed by atoms with Crippen molar-refractivity contribution in [1.29, 1.82) is 0 Å². The number of nitrogens with zero attached hydrogens (tertiary/aromatic N) is 2. The van der Waals surface area contributed by atoms with Crippen LogP contribution in [0.5, 0.6) is 0 Å². The molecule has 0 spiro atoms. The van der Waals surface area contributed by atoms with Crippen LogP contribution in [-0.2, 0) is 14.1 Å². The van der Waals surface area contributed by atoms with Gasteiger partial charge in [-0.05, 0) is 12.1 Å². The van der Waals surface area contributed by atoms with Gasteiger partial charge in [0.15, 0.2) is 6.29 Å². The lowest BCUT2D eigenvalue weighted by Gasteiger charge is -1.98. The van der Waals surface area contributed by atoms with E-state index in [1.54, 1.807) is 26.2 Å². The number of carbonyl (C=O) groups excluding carboxylic acids is 1. The number of rotatable bonds is 1. The molecule has 0 aliphatic carbocycles. The summed E-state index contributed by atoms with van der Waals surface area (Å²) in [5.41, 5.74) is 1.68. The highest BCUT2D eigenvalue weighted by Crippen LogP contribution is 2.21. The van der Waals surface area contributed by atoms with Crippen LogP contribution in [-0.4, -0.2) is 15.4 Å². The Morgan fingerprint density at radius 2 is 1.73 bits per heavy atom. The first-order valence-corrected chi connectivity index (χ1v) is 4.74. The maximum atomic E-state index is 11.6. The molecule has 0 aliphatic rings. The van der Waals surface area contributed by atoms with Crippen LogP contribution in [0.4, 0.5) is 0 Å². The van der Waals surface area contributed by atoms with Crippen molar-refractivity contribution in [2.24, 2.45) is 14.1 Å². The third-order valence-corrected chi connectivity index (χ3v) is 2.84. The van der Waals surface area contributed by atoms with Gasteiger partial charge in [-0.1, -0.05) is 11.6 Å². The van der Waals surface area contributed by atoms with Crippen LogP contribution >= 0.6 is 11.6 Å². The van der Waals surface area contributed by atoms with E-state index in [1.807, 2.05) is 0 Å². The Bertz CT molecular complexity index is 610. The zero-order valence-corrected chi connectivity index (χ0v) is 9.08. The topological polar surface area (TPSA) is 44.0 Å². The molecule has 1 heterocycles. The zero-order valence-electron chi connectivity index (χ0n) is 8.32. The largest absolute Gasteiger partial charge is 0.328 e. The van der Waals surface area contributed by atoms with Gasteiger partial charge in [-0.15, -0.1) is 0 Å². The Labute approximate surface area is 90.7 Å². The normalized spacial score (nSPS) is 10.9. The Hall–Kier alpha value is -1.55. The molecule has 5 heteroatoms. The second-order valence-corrected chi connectivity index (χ2v) is 3.79. The first kappa shape index (κ1) is 9.98. The summed E-state index contributed by atoms with van der Waals surface area (Å²) in [6.07, 6.45) is 0.680. The second kappa shape index (κ2) is 3.24. The van der Waals surface area contributed by atoms with Crippen molar-refractivity contribution in [3.8, 4) is 0 Å². The fourth-order valence-electron chi connectivity index (χ4n) is 1.63. The molecule has 0 N–H and O–H groups in total. The minimum Gasteiger partial charge on any atom is -0.298 e. The standard InChI is InChI=1S/C10H9ClN2O2/c1-12-8-3-6(5-14)7(11)4-9(8)13(2)10(12)15/h3-5H,1-2H3. The number of carbonyl (C=O) groups is 1. The fraction of sp³-hybridized carbons (Fsp3) is 0.200. The summed E-state index contributed by atoms with van der Waals surface area (Å²) in [7, 11) is 3.33. The van der Waals surface area contributed by atoms with Gasteiger partial charge in [0.25, 0.3) is 0 Å². The summed E-state index contributed by atoms with van der Waals surface area (Å²) >= 11 is 5.88. The molecule has 0 saturated carbocycles. The Balaban J connectivity index is 3.00. The SMILES string of the molecule is Cn1c(=O)n(C)c2cc(C=O)c(Cl)cc21. The van der Waals surface area contributed by atoms with E-state index in [0.717, 1.165) is 5.52 Å². The second-order valence-electron chi connectivity index (χ2n) is 3.38. The van der Waals surface area contributed by atoms with Gasteiger partial charge < -0.3 is 0 Å². The molecule has 1 aromatic carbocycles. The number of imidazole rings is 1. The van der Waals surface area contributed by atoms with Gasteiger partial charge in [0, 0.05) is 19.7 Å². The minimum absolute atomic E-state index is 0.135. The van der Waals surface area contributed by atoms with E-state index >= 15 is 0 Å². The Morgan fingerprint density at radius 1 is 1.20 bits per heavy atom. The lowest BCUT2D eigenvalue weighted by atomic mass is 10.2. The van der Waals surface area contributed by atoms with Crippen molar-refractivity contribution in [1.82, 2.24) is 9.13 Å². The Kier molecular flexibility index (Phi) is 2.16. The smallest absolute Gasteiger partial charge is 0.298 e. The number of aldehydes is 1. The number of benzene rings is 1. The van der Waals surface area contributed by atoms with Crippen molar-refractivity contribution in [3.05, 3.63) is 33.2 Å². The first-order chi connectivity index (χ1) is 7.06. The maximum absolute atomic E-state index is 11.6. The van der Waals surface area contributed by atoms with Crippen LogP contribution in [0.1, 0.15) is 10.4 Å². The number of aromatic nitrogens is 2. The third kappa shape index (κ3) is 1.29. The summed E-state index contributed by atoms with van der Waals surface area (Å²) < 4.78 is 2.98. The van der Waals surface area contributed by atoms with Gasteiger partial charge in [-0.2, -0.15) is 0 Å². The first-order valence-electron chi connectivity index (χ1n) is 4.36. The molecule has 0 unspecified atom stereocenters. The van der Waals surface area contributed by atoms with Gasteiger partial charge in [0.05, 0.1) is 16.1 Å². The summed E-state index contributed by atoms with van der Waals surface area (Å²) in [5, 5.41) is 0.360. The molecule has 2 aromatic rings. The number of hydrogen-bond donors (Lipinski definition) is 0. The zero-order chi connectivity index (χ0) is 11.2. The van der Waals surface area contributed by atoms with Crippen molar-refractivity contribution >= 4 is 28.9 Å². The van der Waals surface area contributed by atoms with Gasteiger partial charge in [-0.3, -0.25) is 13.9 Å². The van der Waals surface area contributed by atoms with Crippen molar-refractivity contribution in [2.75, 3.05) is 0 Å². The fourth-order valence-corrected chi connectivity index (χ4v) is 1.83. The highest BCUT2D eigenvalue weighted by molar-refractivity contribution is 6.33. The number of aryl methyl sites for hydroxylation is 2. The molecule has 2 rings (SSSR count). The van der Waals surface area contributed by atoms with E-state index in [9.17, 15) is 9.59 Å². The quantitative estimate of drug-likeness (QED) is 0.687. The predicted octanol–water partition coefficient (Wildman–Crippen LogP) is 1.34. The van der Waals surface area contributed by atoms with Gasteiger partial charge in [0.2, 0.25) is 0 Å². The third-order valence-electron chi connectivity index (χ3n) is 2.52. The molecule has 15 heavy (non-hydrogen) atoms. The lowest BCUT2D eigenvalue weighted by molar-refractivity contribution is 0.112. The average Bonchev–Trinajstić information content (AvgIpc) is 2.43. The molecule has 0 atom stereocenters. The summed E-state index contributed by atoms with van der Waals surface area (Å²) in [5.74, 6) is 0. The van der Waals surface area contributed by atoms with Crippen LogP contribution in [0, 0.1) is 0 Å². The maximum Gasteiger partial charge on any atom is 0.328 e. The van der Waals surface area contributed by atoms with E-state index in [2.05, 4.69) is 0 Å². The lowest BCUT2D eigenvalue weighted by Crippen LogP contribution is -2.19. The molecule has 0 radical (unpaired) electrons. The average molecular weight is 225 g/mol. The Morgan fingerprint density at radius 3 is 2.27 bits per heavy atom. The molecular formula is C10H9ClN2O2. The molecule has 0 fully saturated rings. The van der Waals surface area contributed by atoms with Gasteiger partial charge in [-0.25, -0.2) is 4.79 Å². The van der Waals surface area contributed by atoms with E-state index in [-0.39, 0.29) is 5.69 Å². The number of hydrogen-bond acceptors (Lipinski definition) is 2. The number of halogens is 1.